The molecule has 146 valence electrons. The summed E-state index contributed by atoms with van der Waals surface area (Å²) in [6, 6.07) is 13.7. The van der Waals surface area contributed by atoms with Crippen molar-refractivity contribution in [1.82, 2.24) is 4.72 Å². The van der Waals surface area contributed by atoms with E-state index in [1.807, 2.05) is 0 Å². The minimum Gasteiger partial charge on any atom is -0.326 e. The molecule has 0 amide bonds. The molecule has 2 atom stereocenters. The Hall–Kier alpha value is -1.74. The highest BCUT2D eigenvalue weighted by Crippen LogP contribution is 2.26. The molecule has 8 heteroatoms. The lowest BCUT2D eigenvalue weighted by Crippen LogP contribution is -2.49. The number of hydrogen-bond acceptors (Lipinski definition) is 5. The number of nitrogens with one attached hydrogen (secondary N) is 1. The molecule has 0 bridgehead atoms. The molecule has 0 heterocycles. The predicted octanol–water partition coefficient (Wildman–Crippen LogP) is 2.21. The highest BCUT2D eigenvalue weighted by Gasteiger charge is 2.28. The van der Waals surface area contributed by atoms with Gasteiger partial charge in [-0.25, -0.2) is 21.6 Å². The summed E-state index contributed by atoms with van der Waals surface area (Å²) in [5, 5.41) is 0. The van der Waals surface area contributed by atoms with Crippen LogP contribution >= 0.6 is 0 Å². The summed E-state index contributed by atoms with van der Waals surface area (Å²) in [5.41, 5.74) is 6.28. The fourth-order valence-electron chi connectivity index (χ4n) is 3.39. The van der Waals surface area contributed by atoms with Gasteiger partial charge in [0.15, 0.2) is 0 Å². The van der Waals surface area contributed by atoms with E-state index in [1.54, 1.807) is 30.3 Å². The molecule has 27 heavy (non-hydrogen) atoms. The van der Waals surface area contributed by atoms with Crippen molar-refractivity contribution in [3.05, 3.63) is 60.2 Å². The second-order valence-electron chi connectivity index (χ2n) is 6.86. The van der Waals surface area contributed by atoms with Crippen LogP contribution < -0.4 is 10.5 Å². The molecule has 0 saturated heterocycles. The smallest absolute Gasteiger partial charge is 0.216 e. The van der Waals surface area contributed by atoms with Crippen LogP contribution in [0.2, 0.25) is 0 Å². The largest absolute Gasteiger partial charge is 0.326 e. The lowest BCUT2D eigenvalue weighted by molar-refractivity contribution is 0.361. The van der Waals surface area contributed by atoms with E-state index in [4.69, 9.17) is 5.73 Å². The van der Waals surface area contributed by atoms with E-state index in [9.17, 15) is 16.8 Å². The van der Waals surface area contributed by atoms with Crippen LogP contribution in [0.4, 0.5) is 0 Å². The molecule has 0 spiro atoms. The molecule has 1 fully saturated rings. The molecule has 3 N–H and O–H groups in total. The van der Waals surface area contributed by atoms with Crippen LogP contribution in [0.3, 0.4) is 0 Å². The first-order chi connectivity index (χ1) is 12.8. The Kier molecular flexibility index (Phi) is 6.00. The van der Waals surface area contributed by atoms with Gasteiger partial charge in [0.1, 0.15) is 0 Å². The van der Waals surface area contributed by atoms with Crippen LogP contribution in [0.25, 0.3) is 0 Å². The molecular weight excluding hydrogens is 384 g/mol. The molecule has 2 aromatic rings. The quantitative estimate of drug-likeness (QED) is 0.762. The third-order valence-corrected chi connectivity index (χ3v) is 8.03. The van der Waals surface area contributed by atoms with Crippen molar-refractivity contribution in [1.29, 1.82) is 0 Å². The number of sulfonamides is 1. The summed E-state index contributed by atoms with van der Waals surface area (Å²) in [4.78, 5) is 0.145. The first-order valence-corrected chi connectivity index (χ1v) is 12.1. The molecule has 0 radical (unpaired) electrons. The van der Waals surface area contributed by atoms with Gasteiger partial charge in [-0.05, 0) is 36.6 Å². The maximum atomic E-state index is 12.9. The van der Waals surface area contributed by atoms with Crippen molar-refractivity contribution in [2.75, 3.05) is 0 Å². The third-order valence-electron chi connectivity index (χ3n) is 4.81. The Balaban J connectivity index is 1.88. The van der Waals surface area contributed by atoms with Crippen molar-refractivity contribution in [2.45, 2.75) is 53.3 Å². The Labute approximate surface area is 160 Å². The third kappa shape index (κ3) is 4.76. The molecule has 0 aromatic heterocycles. The van der Waals surface area contributed by atoms with Gasteiger partial charge in [-0.2, -0.15) is 0 Å². The van der Waals surface area contributed by atoms with Gasteiger partial charge in [0.25, 0.3) is 0 Å². The van der Waals surface area contributed by atoms with Crippen LogP contribution in [0.15, 0.2) is 64.4 Å². The summed E-state index contributed by atoms with van der Waals surface area (Å²) in [5.74, 6) is -0.404. The monoisotopic (exact) mass is 408 g/mol. The van der Waals surface area contributed by atoms with Crippen molar-refractivity contribution < 1.29 is 16.8 Å². The zero-order valence-corrected chi connectivity index (χ0v) is 16.5. The molecule has 0 aliphatic heterocycles. The second-order valence-corrected chi connectivity index (χ2v) is 10.5. The summed E-state index contributed by atoms with van der Waals surface area (Å²) in [7, 11) is -7.53. The van der Waals surface area contributed by atoms with Crippen molar-refractivity contribution in [3.8, 4) is 0 Å². The van der Waals surface area contributed by atoms with E-state index < -0.39 is 25.6 Å². The van der Waals surface area contributed by atoms with Gasteiger partial charge in [0, 0.05) is 12.1 Å². The Morgan fingerprint density at radius 1 is 0.889 bits per heavy atom. The SMILES string of the molecule is NC1CCCCC1NS(=O)(=O)Cc1ccccc1S(=O)(=O)c1ccccc1. The van der Waals surface area contributed by atoms with Gasteiger partial charge >= 0.3 is 0 Å². The summed E-state index contributed by atoms with van der Waals surface area (Å²) in [6.45, 7) is 0. The molecule has 6 nitrogen and oxygen atoms in total. The van der Waals surface area contributed by atoms with Crippen LogP contribution in [0, 0.1) is 0 Å². The zero-order chi connectivity index (χ0) is 19.5. The van der Waals surface area contributed by atoms with Crippen LogP contribution in [-0.2, 0) is 25.6 Å². The lowest BCUT2D eigenvalue weighted by atomic mass is 9.92. The molecule has 1 saturated carbocycles. The first kappa shape index (κ1) is 20.0. The topological polar surface area (TPSA) is 106 Å². The summed E-state index contributed by atoms with van der Waals surface area (Å²) in [6.07, 6.45) is 3.41. The van der Waals surface area contributed by atoms with Crippen molar-refractivity contribution in [3.63, 3.8) is 0 Å². The molecular formula is C19H24N2O4S2. The second kappa shape index (κ2) is 8.10. The normalized spacial score (nSPS) is 21.1. The van der Waals surface area contributed by atoms with Gasteiger partial charge in [0.2, 0.25) is 19.9 Å². The Morgan fingerprint density at radius 2 is 1.52 bits per heavy atom. The average molecular weight is 409 g/mol. The van der Waals surface area contributed by atoms with E-state index in [0.717, 1.165) is 19.3 Å². The number of nitrogens with two attached hydrogens (primary N) is 1. The van der Waals surface area contributed by atoms with Crippen LogP contribution in [0.5, 0.6) is 0 Å². The van der Waals surface area contributed by atoms with Gasteiger partial charge in [-0.15, -0.1) is 0 Å². The van der Waals surface area contributed by atoms with Gasteiger partial charge in [0.05, 0.1) is 15.5 Å². The minimum absolute atomic E-state index is 0.00881. The van der Waals surface area contributed by atoms with Gasteiger partial charge in [-0.1, -0.05) is 49.2 Å². The van der Waals surface area contributed by atoms with Crippen molar-refractivity contribution >= 4 is 19.9 Å². The zero-order valence-electron chi connectivity index (χ0n) is 14.9. The maximum Gasteiger partial charge on any atom is 0.216 e. The number of rotatable bonds is 6. The molecule has 1 aliphatic carbocycles. The van der Waals surface area contributed by atoms with E-state index >= 15 is 0 Å². The standard InChI is InChI=1S/C19H24N2O4S2/c20-17-11-5-6-12-18(17)21-26(22,23)14-15-8-4-7-13-19(15)27(24,25)16-9-2-1-3-10-16/h1-4,7-10,13,17-18,21H,5-6,11-12,14,20H2. The van der Waals surface area contributed by atoms with E-state index in [2.05, 4.69) is 4.72 Å². The first-order valence-electron chi connectivity index (χ1n) is 8.93. The molecule has 3 rings (SSSR count). The molecule has 2 aromatic carbocycles. The van der Waals surface area contributed by atoms with E-state index in [0.29, 0.717) is 6.42 Å². The number of benzene rings is 2. The highest BCUT2D eigenvalue weighted by molar-refractivity contribution is 7.91. The Morgan fingerprint density at radius 3 is 2.22 bits per heavy atom. The van der Waals surface area contributed by atoms with Gasteiger partial charge < -0.3 is 5.73 Å². The average Bonchev–Trinajstić information content (AvgIpc) is 2.64. The number of hydrogen-bond donors (Lipinski definition) is 2. The Bertz CT molecular complexity index is 989. The van der Waals surface area contributed by atoms with E-state index in [-0.39, 0.29) is 27.4 Å². The van der Waals surface area contributed by atoms with Crippen LogP contribution in [-0.4, -0.2) is 28.9 Å². The number of sulfone groups is 1. The maximum absolute atomic E-state index is 12.9. The predicted molar refractivity (Wildman–Crippen MR) is 104 cm³/mol. The summed E-state index contributed by atoms with van der Waals surface area (Å²) < 4.78 is 53.9. The summed E-state index contributed by atoms with van der Waals surface area (Å²) >= 11 is 0. The minimum atomic E-state index is -3.80. The lowest BCUT2D eigenvalue weighted by Gasteiger charge is -2.29. The fraction of sp³-hybridized carbons (Fsp3) is 0.368. The molecule has 1 aliphatic rings. The van der Waals surface area contributed by atoms with Crippen molar-refractivity contribution in [2.24, 2.45) is 5.73 Å². The van der Waals surface area contributed by atoms with Crippen LogP contribution in [0.1, 0.15) is 31.2 Å². The van der Waals surface area contributed by atoms with E-state index in [1.165, 1.54) is 24.3 Å². The molecule has 2 unspecified atom stereocenters. The fourth-order valence-corrected chi connectivity index (χ4v) is 6.50. The highest BCUT2D eigenvalue weighted by atomic mass is 32.2. The van der Waals surface area contributed by atoms with Gasteiger partial charge in [-0.3, -0.25) is 0 Å².